The summed E-state index contributed by atoms with van der Waals surface area (Å²) in [6.07, 6.45) is 1.32. The van der Waals surface area contributed by atoms with Gasteiger partial charge in [-0.3, -0.25) is 0 Å². The van der Waals surface area contributed by atoms with Gasteiger partial charge in [0, 0.05) is 32.0 Å². The number of ether oxygens (including phenoxy) is 1. The van der Waals surface area contributed by atoms with Crippen LogP contribution in [-0.4, -0.2) is 44.4 Å². The molecule has 0 saturated carbocycles. The van der Waals surface area contributed by atoms with Gasteiger partial charge >= 0.3 is 0 Å². The lowest BCUT2D eigenvalue weighted by molar-refractivity contribution is 0.163. The molecule has 0 aliphatic carbocycles. The number of hydrogen-bond acceptors (Lipinski definition) is 6. The number of aromatic nitrogens is 5. The third-order valence-corrected chi connectivity index (χ3v) is 4.01. The van der Waals surface area contributed by atoms with Crippen molar-refractivity contribution >= 4 is 11.5 Å². The van der Waals surface area contributed by atoms with E-state index in [0.29, 0.717) is 31.6 Å². The lowest BCUT2D eigenvalue weighted by Gasteiger charge is -2.32. The van der Waals surface area contributed by atoms with E-state index in [2.05, 4.69) is 25.5 Å². The molecule has 24 heavy (non-hydrogen) atoms. The molecule has 0 spiro atoms. The number of fused-ring (bicyclic) bond motifs is 1. The molecule has 124 valence electrons. The summed E-state index contributed by atoms with van der Waals surface area (Å²) in [4.78, 5) is 2.10. The van der Waals surface area contributed by atoms with E-state index in [1.807, 2.05) is 6.07 Å². The zero-order valence-corrected chi connectivity index (χ0v) is 12.6. The first-order chi connectivity index (χ1) is 11.7. The van der Waals surface area contributed by atoms with Crippen molar-refractivity contribution in [3.63, 3.8) is 0 Å². The van der Waals surface area contributed by atoms with Crippen molar-refractivity contribution in [1.29, 1.82) is 0 Å². The molecule has 3 heterocycles. The minimum Gasteiger partial charge on any atom is -0.487 e. The smallest absolute Gasteiger partial charge is 0.200 e. The molecule has 1 fully saturated rings. The lowest BCUT2D eigenvalue weighted by atomic mass is 10.1. The Morgan fingerprint density at radius 1 is 1.08 bits per heavy atom. The van der Waals surface area contributed by atoms with Crippen molar-refractivity contribution in [3.8, 4) is 5.75 Å². The topological polar surface area (TPSA) is 68.4 Å². The Kier molecular flexibility index (Phi) is 3.68. The summed E-state index contributed by atoms with van der Waals surface area (Å²) in [5, 5.41) is 15.5. The van der Waals surface area contributed by atoms with Gasteiger partial charge in [-0.05, 0) is 34.7 Å². The first-order valence-corrected chi connectivity index (χ1v) is 7.61. The quantitative estimate of drug-likeness (QED) is 0.729. The van der Waals surface area contributed by atoms with Gasteiger partial charge in [0.05, 0.1) is 0 Å². The van der Waals surface area contributed by atoms with Crippen LogP contribution in [0.1, 0.15) is 12.8 Å². The van der Waals surface area contributed by atoms with E-state index >= 15 is 0 Å². The van der Waals surface area contributed by atoms with Crippen molar-refractivity contribution < 1.29 is 13.5 Å². The number of anilines is 1. The molecule has 0 atom stereocenters. The minimum absolute atomic E-state index is 0.0862. The summed E-state index contributed by atoms with van der Waals surface area (Å²) in [6.45, 7) is 1.43. The summed E-state index contributed by atoms with van der Waals surface area (Å²) in [5.41, 5.74) is 0.587. The molecular weight excluding hydrogens is 318 g/mol. The highest BCUT2D eigenvalue weighted by Crippen LogP contribution is 2.24. The van der Waals surface area contributed by atoms with Crippen molar-refractivity contribution in [1.82, 2.24) is 25.3 Å². The number of rotatable bonds is 3. The van der Waals surface area contributed by atoms with E-state index in [1.165, 1.54) is 16.8 Å². The fourth-order valence-electron chi connectivity index (χ4n) is 2.76. The molecule has 0 unspecified atom stereocenters. The predicted molar refractivity (Wildman–Crippen MR) is 80.8 cm³/mol. The predicted octanol–water partition coefficient (Wildman–Crippen LogP) is 1.85. The number of tetrazole rings is 1. The van der Waals surface area contributed by atoms with Crippen molar-refractivity contribution in [2.45, 2.75) is 18.9 Å². The zero-order chi connectivity index (χ0) is 16.5. The molecule has 0 N–H and O–H groups in total. The van der Waals surface area contributed by atoms with Gasteiger partial charge in [0.2, 0.25) is 0 Å². The highest BCUT2D eigenvalue weighted by atomic mass is 19.1. The molecule has 7 nitrogen and oxygen atoms in total. The molecule has 2 aromatic heterocycles. The van der Waals surface area contributed by atoms with Crippen molar-refractivity contribution in [2.24, 2.45) is 0 Å². The number of nitrogens with zero attached hydrogens (tertiary/aromatic N) is 6. The second kappa shape index (κ2) is 5.99. The SMILES string of the molecule is Fc1ccc(OC2CCN(c3ccc4nnnn4n3)CC2)c(F)c1. The first kappa shape index (κ1) is 14.7. The van der Waals surface area contributed by atoms with Gasteiger partial charge in [-0.1, -0.05) is 0 Å². The molecule has 0 radical (unpaired) electrons. The Morgan fingerprint density at radius 3 is 2.71 bits per heavy atom. The lowest BCUT2D eigenvalue weighted by Crippen LogP contribution is -2.39. The average molecular weight is 332 g/mol. The van der Waals surface area contributed by atoms with Crippen LogP contribution in [0.15, 0.2) is 30.3 Å². The van der Waals surface area contributed by atoms with Gasteiger partial charge < -0.3 is 9.64 Å². The molecule has 1 aliphatic heterocycles. The van der Waals surface area contributed by atoms with Crippen LogP contribution in [0.3, 0.4) is 0 Å². The van der Waals surface area contributed by atoms with Crippen LogP contribution in [0.2, 0.25) is 0 Å². The molecule has 0 amide bonds. The molecule has 4 rings (SSSR count). The molecule has 1 saturated heterocycles. The second-order valence-electron chi connectivity index (χ2n) is 5.60. The van der Waals surface area contributed by atoms with Crippen LogP contribution >= 0.6 is 0 Å². The van der Waals surface area contributed by atoms with E-state index in [-0.39, 0.29) is 11.9 Å². The summed E-state index contributed by atoms with van der Waals surface area (Å²) < 4.78 is 33.6. The second-order valence-corrected chi connectivity index (χ2v) is 5.60. The van der Waals surface area contributed by atoms with Gasteiger partial charge in [-0.2, -0.15) is 0 Å². The van der Waals surface area contributed by atoms with Crippen LogP contribution in [0.25, 0.3) is 5.65 Å². The molecule has 1 aromatic carbocycles. The maximum absolute atomic E-state index is 13.7. The zero-order valence-electron chi connectivity index (χ0n) is 12.6. The first-order valence-electron chi connectivity index (χ1n) is 7.61. The number of benzene rings is 1. The van der Waals surface area contributed by atoms with E-state index in [1.54, 1.807) is 6.07 Å². The molecular formula is C15H14F2N6O. The Labute approximate surface area is 135 Å². The van der Waals surface area contributed by atoms with Gasteiger partial charge in [0.25, 0.3) is 0 Å². The van der Waals surface area contributed by atoms with Crippen molar-refractivity contribution in [3.05, 3.63) is 42.0 Å². The summed E-state index contributed by atoms with van der Waals surface area (Å²) in [7, 11) is 0. The number of halogens is 2. The van der Waals surface area contributed by atoms with Crippen LogP contribution in [-0.2, 0) is 0 Å². The molecule has 1 aliphatic rings. The normalized spacial score (nSPS) is 15.8. The van der Waals surface area contributed by atoms with Gasteiger partial charge in [0.1, 0.15) is 11.9 Å². The Hall–Kier alpha value is -2.84. The number of piperidine rings is 1. The van der Waals surface area contributed by atoms with Crippen LogP contribution in [0, 0.1) is 11.6 Å². The van der Waals surface area contributed by atoms with Gasteiger partial charge in [-0.25, -0.2) is 8.78 Å². The minimum atomic E-state index is -0.678. The fraction of sp³-hybridized carbons (Fsp3) is 0.333. The maximum Gasteiger partial charge on any atom is 0.200 e. The van der Waals surface area contributed by atoms with Gasteiger partial charge in [0.15, 0.2) is 23.0 Å². The average Bonchev–Trinajstić information content (AvgIpc) is 3.06. The molecule has 9 heteroatoms. The van der Waals surface area contributed by atoms with E-state index in [4.69, 9.17) is 4.74 Å². The third-order valence-electron chi connectivity index (χ3n) is 4.01. The summed E-state index contributed by atoms with van der Waals surface area (Å²) >= 11 is 0. The third kappa shape index (κ3) is 2.84. The maximum atomic E-state index is 13.7. The van der Waals surface area contributed by atoms with E-state index in [0.717, 1.165) is 11.9 Å². The van der Waals surface area contributed by atoms with Crippen LogP contribution < -0.4 is 9.64 Å². The summed E-state index contributed by atoms with van der Waals surface area (Å²) in [6, 6.07) is 7.02. The standard InChI is InChI=1S/C15H14F2N6O/c16-10-1-2-13(12(17)9-10)24-11-5-7-22(8-6-11)15-4-3-14-18-20-21-23(14)19-15/h1-4,9,11H,5-8H2. The largest absolute Gasteiger partial charge is 0.487 e. The highest BCUT2D eigenvalue weighted by Gasteiger charge is 2.23. The molecule has 3 aromatic rings. The van der Waals surface area contributed by atoms with Crippen molar-refractivity contribution in [2.75, 3.05) is 18.0 Å². The summed E-state index contributed by atoms with van der Waals surface area (Å²) in [5.74, 6) is -0.425. The van der Waals surface area contributed by atoms with Crippen LogP contribution in [0.4, 0.5) is 14.6 Å². The van der Waals surface area contributed by atoms with Crippen LogP contribution in [0.5, 0.6) is 5.75 Å². The van der Waals surface area contributed by atoms with Gasteiger partial charge in [-0.15, -0.1) is 14.8 Å². The van der Waals surface area contributed by atoms with E-state index in [9.17, 15) is 8.78 Å². The Bertz CT molecular complexity index is 862. The Balaban J connectivity index is 1.41. The Morgan fingerprint density at radius 2 is 1.92 bits per heavy atom. The fourth-order valence-corrected chi connectivity index (χ4v) is 2.76. The monoisotopic (exact) mass is 332 g/mol. The van der Waals surface area contributed by atoms with E-state index < -0.39 is 11.6 Å². The highest BCUT2D eigenvalue weighted by molar-refractivity contribution is 5.44. The molecule has 0 bridgehead atoms. The number of hydrogen-bond donors (Lipinski definition) is 0.